The standard InChI is InChI=1S/C14H18N2O4/c1-14(2,3)16(20)9-10-4-6-11(7-5-10)13(19)15-8-12(17)18/h4-7,9H,8H2,1-3H3,(H,15,19)(H,17,18)/b16-9-. The predicted molar refractivity (Wildman–Crippen MR) is 75.0 cm³/mol. The number of carbonyl (C=O) groups excluding carboxylic acids is 1. The lowest BCUT2D eigenvalue weighted by atomic mass is 10.1. The summed E-state index contributed by atoms with van der Waals surface area (Å²) in [5.41, 5.74) is 0.485. The molecular weight excluding hydrogens is 260 g/mol. The third-order valence-corrected chi connectivity index (χ3v) is 2.50. The molecule has 6 heteroatoms. The second kappa shape index (κ2) is 6.18. The molecule has 0 atom stereocenters. The SMILES string of the molecule is CC(C)(C)/[N+]([O-])=C/c1ccc(C(=O)NCC(=O)O)cc1. The van der Waals surface area contributed by atoms with Crippen molar-refractivity contribution in [2.75, 3.05) is 6.54 Å². The van der Waals surface area contributed by atoms with Crippen LogP contribution in [0.25, 0.3) is 0 Å². The maximum atomic E-state index is 11.7. The number of benzene rings is 1. The highest BCUT2D eigenvalue weighted by Crippen LogP contribution is 2.07. The van der Waals surface area contributed by atoms with E-state index in [0.717, 1.165) is 4.74 Å². The van der Waals surface area contributed by atoms with Gasteiger partial charge in [-0.15, -0.1) is 0 Å². The summed E-state index contributed by atoms with van der Waals surface area (Å²) in [5, 5.41) is 22.5. The molecular formula is C14H18N2O4. The number of nitrogens with zero attached hydrogens (tertiary/aromatic N) is 1. The Morgan fingerprint density at radius 3 is 2.30 bits per heavy atom. The monoisotopic (exact) mass is 278 g/mol. The summed E-state index contributed by atoms with van der Waals surface area (Å²) in [4.78, 5) is 21.9. The smallest absolute Gasteiger partial charge is 0.322 e. The highest BCUT2D eigenvalue weighted by molar-refractivity contribution is 5.96. The summed E-state index contributed by atoms with van der Waals surface area (Å²) in [6, 6.07) is 6.34. The van der Waals surface area contributed by atoms with Gasteiger partial charge in [-0.25, -0.2) is 4.74 Å². The number of carboxylic acids is 1. The first kappa shape index (κ1) is 15.7. The average Bonchev–Trinajstić information content (AvgIpc) is 2.35. The van der Waals surface area contributed by atoms with Crippen LogP contribution in [-0.4, -0.2) is 40.0 Å². The molecule has 108 valence electrons. The second-order valence-electron chi connectivity index (χ2n) is 5.32. The molecule has 0 radical (unpaired) electrons. The third-order valence-electron chi connectivity index (χ3n) is 2.50. The van der Waals surface area contributed by atoms with E-state index in [0.29, 0.717) is 11.1 Å². The zero-order valence-corrected chi connectivity index (χ0v) is 11.7. The molecule has 0 heterocycles. The van der Waals surface area contributed by atoms with Crippen molar-refractivity contribution in [3.05, 3.63) is 40.6 Å². The van der Waals surface area contributed by atoms with Crippen molar-refractivity contribution >= 4 is 18.1 Å². The summed E-state index contributed by atoms with van der Waals surface area (Å²) in [6.45, 7) is 4.96. The fourth-order valence-electron chi connectivity index (χ4n) is 1.31. The van der Waals surface area contributed by atoms with E-state index in [-0.39, 0.29) is 0 Å². The number of rotatable bonds is 4. The summed E-state index contributed by atoms with van der Waals surface area (Å²) < 4.78 is 0.840. The molecule has 0 spiro atoms. The molecule has 0 aliphatic carbocycles. The van der Waals surface area contributed by atoms with Gasteiger partial charge in [0.1, 0.15) is 6.54 Å². The minimum Gasteiger partial charge on any atom is -0.623 e. The van der Waals surface area contributed by atoms with Gasteiger partial charge in [0, 0.05) is 31.9 Å². The van der Waals surface area contributed by atoms with E-state index in [2.05, 4.69) is 5.32 Å². The minimum absolute atomic E-state index is 0.344. The first-order valence-electron chi connectivity index (χ1n) is 6.11. The number of aliphatic carboxylic acids is 1. The Labute approximate surface area is 117 Å². The molecule has 0 aromatic heterocycles. The number of carboxylic acid groups (broad SMARTS) is 1. The van der Waals surface area contributed by atoms with E-state index in [4.69, 9.17) is 5.11 Å². The molecule has 1 aromatic rings. The Hall–Kier alpha value is -2.37. The fourth-order valence-corrected chi connectivity index (χ4v) is 1.31. The first-order chi connectivity index (χ1) is 9.20. The molecule has 0 fully saturated rings. The van der Waals surface area contributed by atoms with Crippen molar-refractivity contribution in [2.45, 2.75) is 26.3 Å². The Morgan fingerprint density at radius 1 is 1.30 bits per heavy atom. The van der Waals surface area contributed by atoms with E-state index in [1.54, 1.807) is 45.0 Å². The molecule has 0 saturated carbocycles. The lowest BCUT2D eigenvalue weighted by Crippen LogP contribution is -2.29. The van der Waals surface area contributed by atoms with Gasteiger partial charge < -0.3 is 15.6 Å². The van der Waals surface area contributed by atoms with Crippen LogP contribution in [0.2, 0.25) is 0 Å². The van der Waals surface area contributed by atoms with Crippen LogP contribution in [0.1, 0.15) is 36.7 Å². The first-order valence-corrected chi connectivity index (χ1v) is 6.11. The van der Waals surface area contributed by atoms with Crippen LogP contribution in [0.5, 0.6) is 0 Å². The van der Waals surface area contributed by atoms with Gasteiger partial charge in [-0.1, -0.05) is 0 Å². The van der Waals surface area contributed by atoms with E-state index in [1.807, 2.05) is 0 Å². The van der Waals surface area contributed by atoms with E-state index in [1.165, 1.54) is 6.21 Å². The van der Waals surface area contributed by atoms with Crippen LogP contribution in [0, 0.1) is 5.21 Å². The number of carbonyl (C=O) groups is 2. The fraction of sp³-hybridized carbons (Fsp3) is 0.357. The lowest BCUT2D eigenvalue weighted by molar-refractivity contribution is -0.530. The van der Waals surface area contributed by atoms with Gasteiger partial charge in [-0.2, -0.15) is 0 Å². The molecule has 0 saturated heterocycles. The topological polar surface area (TPSA) is 92.5 Å². The largest absolute Gasteiger partial charge is 0.623 e. The zero-order valence-electron chi connectivity index (χ0n) is 11.7. The van der Waals surface area contributed by atoms with Crippen molar-refractivity contribution in [3.63, 3.8) is 0 Å². The van der Waals surface area contributed by atoms with E-state index in [9.17, 15) is 14.8 Å². The number of hydroxylamine groups is 1. The molecule has 0 bridgehead atoms. The summed E-state index contributed by atoms with van der Waals surface area (Å²) >= 11 is 0. The Bertz CT molecular complexity index is 527. The summed E-state index contributed by atoms with van der Waals surface area (Å²) in [7, 11) is 0. The average molecular weight is 278 g/mol. The number of hydrogen-bond acceptors (Lipinski definition) is 3. The third kappa shape index (κ3) is 4.72. The number of hydrogen-bond donors (Lipinski definition) is 2. The van der Waals surface area contributed by atoms with Gasteiger partial charge in [-0.3, -0.25) is 9.59 Å². The van der Waals surface area contributed by atoms with Crippen LogP contribution in [0.15, 0.2) is 24.3 Å². The predicted octanol–water partition coefficient (Wildman–Crippen LogP) is 1.23. The maximum absolute atomic E-state index is 11.7. The Morgan fingerprint density at radius 2 is 1.85 bits per heavy atom. The highest BCUT2D eigenvalue weighted by Gasteiger charge is 2.18. The van der Waals surface area contributed by atoms with Gasteiger partial charge in [0.05, 0.1) is 0 Å². The molecule has 0 unspecified atom stereocenters. The Kier molecular flexibility index (Phi) is 4.85. The van der Waals surface area contributed by atoms with Crippen molar-refractivity contribution < 1.29 is 19.4 Å². The Balaban J connectivity index is 2.79. The van der Waals surface area contributed by atoms with Gasteiger partial charge in [0.2, 0.25) is 0 Å². The van der Waals surface area contributed by atoms with Gasteiger partial charge in [0.25, 0.3) is 5.91 Å². The second-order valence-corrected chi connectivity index (χ2v) is 5.32. The molecule has 1 rings (SSSR count). The molecule has 1 amide bonds. The van der Waals surface area contributed by atoms with Crippen LogP contribution in [0.3, 0.4) is 0 Å². The molecule has 1 aromatic carbocycles. The van der Waals surface area contributed by atoms with Gasteiger partial charge in [-0.05, 0) is 24.3 Å². The molecule has 0 aliphatic rings. The molecule has 2 N–H and O–H groups in total. The number of amides is 1. The van der Waals surface area contributed by atoms with Crippen LogP contribution < -0.4 is 5.32 Å². The normalized spacial score (nSPS) is 12.1. The van der Waals surface area contributed by atoms with Gasteiger partial charge in [0.15, 0.2) is 11.8 Å². The van der Waals surface area contributed by atoms with Crippen LogP contribution in [-0.2, 0) is 4.79 Å². The summed E-state index contributed by atoms with van der Waals surface area (Å²) in [6.07, 6.45) is 1.44. The maximum Gasteiger partial charge on any atom is 0.322 e. The highest BCUT2D eigenvalue weighted by atomic mass is 16.5. The van der Waals surface area contributed by atoms with Crippen molar-refractivity contribution in [3.8, 4) is 0 Å². The van der Waals surface area contributed by atoms with Crippen molar-refractivity contribution in [1.29, 1.82) is 0 Å². The quantitative estimate of drug-likeness (QED) is 0.375. The van der Waals surface area contributed by atoms with Crippen molar-refractivity contribution in [2.24, 2.45) is 0 Å². The minimum atomic E-state index is -1.10. The van der Waals surface area contributed by atoms with E-state index >= 15 is 0 Å². The lowest BCUT2D eigenvalue weighted by Gasteiger charge is -2.18. The van der Waals surface area contributed by atoms with Crippen molar-refractivity contribution in [1.82, 2.24) is 5.32 Å². The van der Waals surface area contributed by atoms with E-state index < -0.39 is 24.0 Å². The molecule has 0 aliphatic heterocycles. The zero-order chi connectivity index (χ0) is 15.3. The number of nitrogens with one attached hydrogen (secondary N) is 1. The van der Waals surface area contributed by atoms with Crippen LogP contribution >= 0.6 is 0 Å². The summed E-state index contributed by atoms with van der Waals surface area (Å²) in [5.74, 6) is -1.57. The molecule has 6 nitrogen and oxygen atoms in total. The van der Waals surface area contributed by atoms with Gasteiger partial charge >= 0.3 is 5.97 Å². The van der Waals surface area contributed by atoms with Crippen LogP contribution in [0.4, 0.5) is 0 Å². The molecule has 20 heavy (non-hydrogen) atoms.